The molecule has 0 unspecified atom stereocenters. The molecule has 0 bridgehead atoms. The van der Waals surface area contributed by atoms with E-state index in [1.165, 1.54) is 16.7 Å². The number of hydrogen-bond donors (Lipinski definition) is 1. The summed E-state index contributed by atoms with van der Waals surface area (Å²) in [6, 6.07) is 12.4. The van der Waals surface area contributed by atoms with Crippen LogP contribution in [-0.4, -0.2) is 14.2 Å². The van der Waals surface area contributed by atoms with Crippen LogP contribution in [-0.2, 0) is 6.54 Å². The van der Waals surface area contributed by atoms with Crippen LogP contribution in [0.5, 0.6) is 11.5 Å². The van der Waals surface area contributed by atoms with E-state index in [0.717, 1.165) is 23.7 Å². The van der Waals surface area contributed by atoms with Crippen molar-refractivity contribution in [3.05, 3.63) is 53.1 Å². The molecule has 0 heterocycles. The van der Waals surface area contributed by atoms with E-state index < -0.39 is 0 Å². The Labute approximate surface area is 120 Å². The molecule has 0 aliphatic rings. The van der Waals surface area contributed by atoms with Gasteiger partial charge in [0, 0.05) is 30.4 Å². The van der Waals surface area contributed by atoms with Gasteiger partial charge < -0.3 is 14.8 Å². The van der Waals surface area contributed by atoms with E-state index in [0.29, 0.717) is 0 Å². The van der Waals surface area contributed by atoms with Crippen molar-refractivity contribution < 1.29 is 9.47 Å². The van der Waals surface area contributed by atoms with Crippen LogP contribution in [0.25, 0.3) is 0 Å². The van der Waals surface area contributed by atoms with Gasteiger partial charge in [0.15, 0.2) is 0 Å². The number of methoxy groups -OCH3 is 2. The molecule has 0 aliphatic carbocycles. The van der Waals surface area contributed by atoms with Crippen molar-refractivity contribution in [3.63, 3.8) is 0 Å². The van der Waals surface area contributed by atoms with E-state index in [9.17, 15) is 0 Å². The van der Waals surface area contributed by atoms with Gasteiger partial charge in [-0.1, -0.05) is 29.3 Å². The van der Waals surface area contributed by atoms with Crippen molar-refractivity contribution in [2.45, 2.75) is 20.4 Å². The van der Waals surface area contributed by atoms with Crippen molar-refractivity contribution in [3.8, 4) is 11.5 Å². The molecule has 2 aromatic rings. The van der Waals surface area contributed by atoms with Crippen molar-refractivity contribution in [2.75, 3.05) is 19.5 Å². The molecule has 0 aliphatic heterocycles. The largest absolute Gasteiger partial charge is 0.497 e. The average molecular weight is 271 g/mol. The highest BCUT2D eigenvalue weighted by molar-refractivity contribution is 5.54. The second kappa shape index (κ2) is 6.33. The summed E-state index contributed by atoms with van der Waals surface area (Å²) in [5.74, 6) is 1.57. The van der Waals surface area contributed by atoms with Crippen LogP contribution >= 0.6 is 0 Å². The Bertz CT molecular complexity index is 551. The van der Waals surface area contributed by atoms with Crippen molar-refractivity contribution >= 4 is 5.69 Å². The van der Waals surface area contributed by atoms with Crippen LogP contribution in [0.2, 0.25) is 0 Å². The van der Waals surface area contributed by atoms with Gasteiger partial charge >= 0.3 is 0 Å². The fourth-order valence-corrected chi connectivity index (χ4v) is 2.28. The van der Waals surface area contributed by atoms with Crippen molar-refractivity contribution in [1.29, 1.82) is 0 Å². The normalized spacial score (nSPS) is 10.2. The molecule has 0 saturated heterocycles. The molecule has 2 rings (SSSR count). The second-order valence-corrected chi connectivity index (χ2v) is 4.95. The molecule has 106 valence electrons. The summed E-state index contributed by atoms with van der Waals surface area (Å²) in [4.78, 5) is 0. The maximum atomic E-state index is 5.27. The first kappa shape index (κ1) is 14.3. The Hall–Kier alpha value is -2.16. The highest BCUT2D eigenvalue weighted by Crippen LogP contribution is 2.26. The average Bonchev–Trinajstić information content (AvgIpc) is 2.43. The lowest BCUT2D eigenvalue weighted by molar-refractivity contribution is 0.394. The van der Waals surface area contributed by atoms with E-state index in [4.69, 9.17) is 9.47 Å². The van der Waals surface area contributed by atoms with E-state index in [1.54, 1.807) is 14.2 Å². The summed E-state index contributed by atoms with van der Waals surface area (Å²) >= 11 is 0. The molecule has 1 N–H and O–H groups in total. The number of hydrogen-bond acceptors (Lipinski definition) is 3. The lowest BCUT2D eigenvalue weighted by atomic mass is 10.1. The van der Waals surface area contributed by atoms with Crippen LogP contribution in [0.4, 0.5) is 5.69 Å². The highest BCUT2D eigenvalue weighted by atomic mass is 16.5. The lowest BCUT2D eigenvalue weighted by Crippen LogP contribution is -2.01. The van der Waals surface area contributed by atoms with E-state index in [-0.39, 0.29) is 0 Å². The highest BCUT2D eigenvalue weighted by Gasteiger charge is 2.02. The first-order chi connectivity index (χ1) is 9.60. The van der Waals surface area contributed by atoms with Crippen LogP contribution in [0.1, 0.15) is 16.7 Å². The van der Waals surface area contributed by atoms with Gasteiger partial charge in [0.05, 0.1) is 14.2 Å². The number of aryl methyl sites for hydroxylation is 2. The third-order valence-electron chi connectivity index (χ3n) is 3.13. The number of nitrogens with one attached hydrogen (secondary N) is 1. The summed E-state index contributed by atoms with van der Waals surface area (Å²) in [7, 11) is 3.31. The third-order valence-corrected chi connectivity index (χ3v) is 3.13. The minimum Gasteiger partial charge on any atom is -0.497 e. The Morgan fingerprint density at radius 3 is 1.85 bits per heavy atom. The summed E-state index contributed by atoms with van der Waals surface area (Å²) < 4.78 is 10.5. The third kappa shape index (κ3) is 3.67. The molecule has 3 nitrogen and oxygen atoms in total. The summed E-state index contributed by atoms with van der Waals surface area (Å²) in [5.41, 5.74) is 4.82. The quantitative estimate of drug-likeness (QED) is 0.893. The molecule has 0 saturated carbocycles. The van der Waals surface area contributed by atoms with Gasteiger partial charge in [-0.2, -0.15) is 0 Å². The monoisotopic (exact) mass is 271 g/mol. The first-order valence-electron chi connectivity index (χ1n) is 6.65. The summed E-state index contributed by atoms with van der Waals surface area (Å²) in [5, 5.41) is 3.40. The molecule has 3 heteroatoms. The molecule has 0 amide bonds. The minimum atomic E-state index is 0.777. The molecule has 0 spiro atoms. The molecular weight excluding hydrogens is 250 g/mol. The molecular formula is C17H21NO2. The van der Waals surface area contributed by atoms with E-state index in [1.807, 2.05) is 18.2 Å². The number of benzene rings is 2. The SMILES string of the molecule is COc1cc(NCc2cc(C)cc(C)c2)cc(OC)c1. The van der Waals surface area contributed by atoms with Gasteiger partial charge in [-0.25, -0.2) is 0 Å². The molecule has 0 atom stereocenters. The second-order valence-electron chi connectivity index (χ2n) is 4.95. The Morgan fingerprint density at radius 2 is 1.35 bits per heavy atom. The van der Waals surface area contributed by atoms with Crippen molar-refractivity contribution in [1.82, 2.24) is 0 Å². The zero-order valence-electron chi connectivity index (χ0n) is 12.5. The Kier molecular flexibility index (Phi) is 4.51. The van der Waals surface area contributed by atoms with Gasteiger partial charge in [0.2, 0.25) is 0 Å². The van der Waals surface area contributed by atoms with Gasteiger partial charge in [0.25, 0.3) is 0 Å². The number of ether oxygens (including phenoxy) is 2. The standard InChI is InChI=1S/C17H21NO2/c1-12-5-13(2)7-14(6-12)11-18-15-8-16(19-3)10-17(9-15)20-4/h5-10,18H,11H2,1-4H3. The summed E-state index contributed by atoms with van der Waals surface area (Å²) in [6.45, 7) is 5.01. The Balaban J connectivity index is 2.13. The van der Waals surface area contributed by atoms with Gasteiger partial charge in [-0.3, -0.25) is 0 Å². The lowest BCUT2D eigenvalue weighted by Gasteiger charge is -2.11. The molecule has 0 fully saturated rings. The molecule has 20 heavy (non-hydrogen) atoms. The predicted molar refractivity (Wildman–Crippen MR) is 82.8 cm³/mol. The fourth-order valence-electron chi connectivity index (χ4n) is 2.28. The number of anilines is 1. The zero-order valence-corrected chi connectivity index (χ0v) is 12.5. The smallest absolute Gasteiger partial charge is 0.124 e. The molecule has 2 aromatic carbocycles. The van der Waals surface area contributed by atoms with Crippen LogP contribution in [0, 0.1) is 13.8 Å². The maximum Gasteiger partial charge on any atom is 0.124 e. The maximum absolute atomic E-state index is 5.27. The summed E-state index contributed by atoms with van der Waals surface area (Å²) in [6.07, 6.45) is 0. The van der Waals surface area contributed by atoms with Gasteiger partial charge in [0.1, 0.15) is 11.5 Å². The minimum absolute atomic E-state index is 0.777. The number of rotatable bonds is 5. The van der Waals surface area contributed by atoms with Crippen LogP contribution in [0.15, 0.2) is 36.4 Å². The van der Waals surface area contributed by atoms with Crippen LogP contribution < -0.4 is 14.8 Å². The molecule has 0 radical (unpaired) electrons. The first-order valence-corrected chi connectivity index (χ1v) is 6.65. The van der Waals surface area contributed by atoms with Crippen LogP contribution in [0.3, 0.4) is 0 Å². The fraction of sp³-hybridized carbons (Fsp3) is 0.294. The van der Waals surface area contributed by atoms with E-state index >= 15 is 0 Å². The van der Waals surface area contributed by atoms with Crippen molar-refractivity contribution in [2.24, 2.45) is 0 Å². The zero-order chi connectivity index (χ0) is 14.5. The predicted octanol–water partition coefficient (Wildman–Crippen LogP) is 3.93. The Morgan fingerprint density at radius 1 is 0.800 bits per heavy atom. The van der Waals surface area contributed by atoms with E-state index in [2.05, 4.69) is 37.4 Å². The van der Waals surface area contributed by atoms with Gasteiger partial charge in [-0.05, 0) is 19.4 Å². The van der Waals surface area contributed by atoms with Gasteiger partial charge in [-0.15, -0.1) is 0 Å². The topological polar surface area (TPSA) is 30.5 Å². The molecule has 0 aromatic heterocycles.